The number of nitrogens with one attached hydrogen (secondary N) is 1. The summed E-state index contributed by atoms with van der Waals surface area (Å²) in [5.74, 6) is 1.05. The van der Waals surface area contributed by atoms with Crippen molar-refractivity contribution < 1.29 is 5.11 Å². The van der Waals surface area contributed by atoms with Crippen LogP contribution >= 0.6 is 0 Å². The Hall–Kier alpha value is -1.16. The molecule has 0 amide bonds. The summed E-state index contributed by atoms with van der Waals surface area (Å²) >= 11 is 0. The highest BCUT2D eigenvalue weighted by Crippen LogP contribution is 2.30. The molecule has 0 aliphatic heterocycles. The molecule has 2 N–H and O–H groups in total. The molecular weight excluding hydrogens is 238 g/mol. The standard InChI is InChI=1S/C15H25N3O/c1-11(2)13-9-12(3)16-14(17-13)18-15(10-19)7-5-4-6-8-15/h9,11,19H,4-8,10H2,1-3H3,(H,16,17,18). The summed E-state index contributed by atoms with van der Waals surface area (Å²) in [7, 11) is 0. The maximum Gasteiger partial charge on any atom is 0.223 e. The molecule has 1 heterocycles. The van der Waals surface area contributed by atoms with Crippen molar-refractivity contribution >= 4 is 5.95 Å². The van der Waals surface area contributed by atoms with Crippen LogP contribution in [-0.4, -0.2) is 27.2 Å². The third-order valence-electron chi connectivity index (χ3n) is 3.96. The molecule has 1 aliphatic carbocycles. The van der Waals surface area contributed by atoms with E-state index in [1.165, 1.54) is 6.42 Å². The molecule has 106 valence electrons. The first-order chi connectivity index (χ1) is 9.04. The molecule has 1 aliphatic rings. The molecule has 0 aromatic carbocycles. The predicted molar refractivity (Wildman–Crippen MR) is 77.4 cm³/mol. The second-order valence-electron chi connectivity index (χ2n) is 6.04. The zero-order valence-electron chi connectivity index (χ0n) is 12.2. The van der Waals surface area contributed by atoms with Crippen LogP contribution in [-0.2, 0) is 0 Å². The lowest BCUT2D eigenvalue weighted by molar-refractivity contribution is 0.172. The second-order valence-corrected chi connectivity index (χ2v) is 6.04. The molecule has 0 bridgehead atoms. The van der Waals surface area contributed by atoms with Gasteiger partial charge in [-0.15, -0.1) is 0 Å². The van der Waals surface area contributed by atoms with Crippen molar-refractivity contribution in [3.63, 3.8) is 0 Å². The van der Waals surface area contributed by atoms with E-state index in [1.807, 2.05) is 13.0 Å². The maximum absolute atomic E-state index is 9.73. The summed E-state index contributed by atoms with van der Waals surface area (Å²) in [6.45, 7) is 6.41. The van der Waals surface area contributed by atoms with Crippen molar-refractivity contribution in [2.45, 2.75) is 64.3 Å². The lowest BCUT2D eigenvalue weighted by Crippen LogP contribution is -2.44. The number of aliphatic hydroxyl groups is 1. The summed E-state index contributed by atoms with van der Waals surface area (Å²) in [6.07, 6.45) is 5.58. The van der Waals surface area contributed by atoms with Gasteiger partial charge in [0.25, 0.3) is 0 Å². The van der Waals surface area contributed by atoms with Gasteiger partial charge in [0.1, 0.15) is 0 Å². The van der Waals surface area contributed by atoms with E-state index in [4.69, 9.17) is 0 Å². The Morgan fingerprint density at radius 3 is 2.53 bits per heavy atom. The molecule has 1 fully saturated rings. The van der Waals surface area contributed by atoms with Gasteiger partial charge in [-0.1, -0.05) is 33.1 Å². The van der Waals surface area contributed by atoms with Gasteiger partial charge >= 0.3 is 0 Å². The number of aromatic nitrogens is 2. The van der Waals surface area contributed by atoms with Crippen molar-refractivity contribution in [1.29, 1.82) is 0 Å². The average molecular weight is 263 g/mol. The van der Waals surface area contributed by atoms with Crippen molar-refractivity contribution in [3.8, 4) is 0 Å². The molecule has 0 radical (unpaired) electrons. The van der Waals surface area contributed by atoms with Gasteiger partial charge in [-0.25, -0.2) is 9.97 Å². The lowest BCUT2D eigenvalue weighted by atomic mass is 9.82. The number of hydrogen-bond acceptors (Lipinski definition) is 4. The zero-order chi connectivity index (χ0) is 13.9. The first-order valence-electron chi connectivity index (χ1n) is 7.29. The summed E-state index contributed by atoms with van der Waals surface area (Å²) in [4.78, 5) is 9.06. The Balaban J connectivity index is 2.21. The molecule has 0 unspecified atom stereocenters. The van der Waals surface area contributed by atoms with E-state index >= 15 is 0 Å². The molecule has 1 aromatic rings. The van der Waals surface area contributed by atoms with Gasteiger partial charge in [0.2, 0.25) is 5.95 Å². The molecule has 1 aromatic heterocycles. The van der Waals surface area contributed by atoms with Gasteiger partial charge in [-0.05, 0) is 31.7 Å². The largest absolute Gasteiger partial charge is 0.394 e. The molecule has 0 spiro atoms. The molecule has 2 rings (SSSR count). The van der Waals surface area contributed by atoms with E-state index in [9.17, 15) is 5.11 Å². The number of rotatable bonds is 4. The molecule has 0 saturated heterocycles. The summed E-state index contributed by atoms with van der Waals surface area (Å²) in [5.41, 5.74) is 1.81. The highest BCUT2D eigenvalue weighted by molar-refractivity contribution is 5.33. The van der Waals surface area contributed by atoms with E-state index in [1.54, 1.807) is 0 Å². The third kappa shape index (κ3) is 3.44. The minimum Gasteiger partial charge on any atom is -0.394 e. The molecule has 4 heteroatoms. The van der Waals surface area contributed by atoms with Gasteiger partial charge in [-0.3, -0.25) is 0 Å². The number of hydrogen-bond donors (Lipinski definition) is 2. The van der Waals surface area contributed by atoms with E-state index in [2.05, 4.69) is 29.1 Å². The quantitative estimate of drug-likeness (QED) is 0.876. The van der Waals surface area contributed by atoms with Crippen LogP contribution in [0.4, 0.5) is 5.95 Å². The molecule has 0 atom stereocenters. The minimum absolute atomic E-state index is 0.154. The topological polar surface area (TPSA) is 58.0 Å². The number of nitrogens with zero attached hydrogens (tertiary/aromatic N) is 2. The van der Waals surface area contributed by atoms with Crippen LogP contribution in [0, 0.1) is 6.92 Å². The Labute approximate surface area is 115 Å². The lowest BCUT2D eigenvalue weighted by Gasteiger charge is -2.36. The van der Waals surface area contributed by atoms with Crippen LogP contribution in [0.3, 0.4) is 0 Å². The summed E-state index contributed by atoms with van der Waals surface area (Å²) < 4.78 is 0. The van der Waals surface area contributed by atoms with Crippen LogP contribution in [0.5, 0.6) is 0 Å². The van der Waals surface area contributed by atoms with Crippen LogP contribution in [0.25, 0.3) is 0 Å². The molecule has 4 nitrogen and oxygen atoms in total. The van der Waals surface area contributed by atoms with Gasteiger partial charge in [0.05, 0.1) is 12.1 Å². The van der Waals surface area contributed by atoms with E-state index in [-0.39, 0.29) is 12.1 Å². The van der Waals surface area contributed by atoms with Crippen molar-refractivity contribution in [1.82, 2.24) is 9.97 Å². The number of aliphatic hydroxyl groups excluding tert-OH is 1. The highest BCUT2D eigenvalue weighted by Gasteiger charge is 2.32. The van der Waals surface area contributed by atoms with E-state index < -0.39 is 0 Å². The fourth-order valence-corrected chi connectivity index (χ4v) is 2.73. The molecule has 1 saturated carbocycles. The highest BCUT2D eigenvalue weighted by atomic mass is 16.3. The predicted octanol–water partition coefficient (Wildman–Crippen LogP) is 3.02. The first-order valence-corrected chi connectivity index (χ1v) is 7.29. The number of aryl methyl sites for hydroxylation is 1. The SMILES string of the molecule is Cc1cc(C(C)C)nc(NC2(CO)CCCCC2)n1. The van der Waals surface area contributed by atoms with E-state index in [0.717, 1.165) is 37.1 Å². The minimum atomic E-state index is -0.222. The Kier molecular flexibility index (Phi) is 4.40. The summed E-state index contributed by atoms with van der Waals surface area (Å²) in [6, 6.07) is 2.03. The normalized spacial score (nSPS) is 18.6. The monoisotopic (exact) mass is 263 g/mol. The van der Waals surface area contributed by atoms with Crippen molar-refractivity contribution in [2.75, 3.05) is 11.9 Å². The van der Waals surface area contributed by atoms with Crippen molar-refractivity contribution in [3.05, 3.63) is 17.5 Å². The maximum atomic E-state index is 9.73. The van der Waals surface area contributed by atoms with Crippen LogP contribution in [0.1, 0.15) is 63.3 Å². The number of anilines is 1. The fraction of sp³-hybridized carbons (Fsp3) is 0.733. The first kappa shape index (κ1) is 14.3. The Morgan fingerprint density at radius 1 is 1.26 bits per heavy atom. The van der Waals surface area contributed by atoms with Gasteiger partial charge in [0.15, 0.2) is 0 Å². The molecule has 19 heavy (non-hydrogen) atoms. The molecular formula is C15H25N3O. The van der Waals surface area contributed by atoms with Crippen LogP contribution < -0.4 is 5.32 Å². The van der Waals surface area contributed by atoms with Crippen LogP contribution in [0.2, 0.25) is 0 Å². The third-order valence-corrected chi connectivity index (χ3v) is 3.96. The second kappa shape index (κ2) is 5.87. The van der Waals surface area contributed by atoms with Crippen molar-refractivity contribution in [2.24, 2.45) is 0 Å². The van der Waals surface area contributed by atoms with E-state index in [0.29, 0.717) is 11.9 Å². The average Bonchev–Trinajstić information content (AvgIpc) is 2.39. The fourth-order valence-electron chi connectivity index (χ4n) is 2.73. The Bertz CT molecular complexity index is 425. The van der Waals surface area contributed by atoms with Gasteiger partial charge in [0, 0.05) is 11.4 Å². The smallest absolute Gasteiger partial charge is 0.223 e. The zero-order valence-corrected chi connectivity index (χ0v) is 12.2. The summed E-state index contributed by atoms with van der Waals surface area (Å²) in [5, 5.41) is 13.1. The Morgan fingerprint density at radius 2 is 1.95 bits per heavy atom. The van der Waals surface area contributed by atoms with Gasteiger partial charge < -0.3 is 10.4 Å². The van der Waals surface area contributed by atoms with Crippen LogP contribution in [0.15, 0.2) is 6.07 Å². The van der Waals surface area contributed by atoms with Gasteiger partial charge in [-0.2, -0.15) is 0 Å².